The van der Waals surface area contributed by atoms with Crippen LogP contribution in [0.5, 0.6) is 0 Å². The number of esters is 2. The van der Waals surface area contributed by atoms with Gasteiger partial charge < -0.3 is 14.3 Å². The van der Waals surface area contributed by atoms with Crippen LogP contribution in [0, 0.1) is 5.92 Å². The monoisotopic (exact) mass is 396 g/mol. The molecule has 0 amide bonds. The van der Waals surface area contributed by atoms with E-state index < -0.39 is 15.5 Å². The van der Waals surface area contributed by atoms with Crippen LogP contribution in [0.25, 0.3) is 0 Å². The van der Waals surface area contributed by atoms with Crippen molar-refractivity contribution in [3.8, 4) is 0 Å². The third-order valence-electron chi connectivity index (χ3n) is 3.55. The lowest BCUT2D eigenvalue weighted by molar-refractivity contribution is -0.151. The Bertz CT molecular complexity index is 371. The molecule has 0 aromatic rings. The molecule has 0 aromatic heterocycles. The lowest BCUT2D eigenvalue weighted by Gasteiger charge is -2.32. The molecule has 0 spiro atoms. The van der Waals surface area contributed by atoms with Crippen LogP contribution in [0.2, 0.25) is 0 Å². The van der Waals surface area contributed by atoms with Gasteiger partial charge in [0, 0.05) is 6.92 Å². The lowest BCUT2D eigenvalue weighted by Crippen LogP contribution is -2.39. The van der Waals surface area contributed by atoms with Gasteiger partial charge in [0.2, 0.25) is 0 Å². The molecule has 1 fully saturated rings. The summed E-state index contributed by atoms with van der Waals surface area (Å²) in [6.07, 6.45) is 3.53. The van der Waals surface area contributed by atoms with Gasteiger partial charge in [-0.3, -0.25) is 9.59 Å². The Hall–Kier alpha value is -0.660. The smallest absolute Gasteiger partial charge is 0.322 e. The van der Waals surface area contributed by atoms with Gasteiger partial charge in [0.1, 0.15) is 15.8 Å². The van der Waals surface area contributed by atoms with E-state index in [2.05, 4.69) is 22.6 Å². The minimum absolute atomic E-state index is 0.216. The van der Waals surface area contributed by atoms with Crippen LogP contribution in [0.15, 0.2) is 0 Å². The number of halogens is 1. The Labute approximate surface area is 132 Å². The maximum atomic E-state index is 12.1. The van der Waals surface area contributed by atoms with Crippen molar-refractivity contribution in [3.05, 3.63) is 0 Å². The largest absolute Gasteiger partial charge is 0.465 e. The van der Waals surface area contributed by atoms with Crippen LogP contribution < -0.4 is 0 Å². The van der Waals surface area contributed by atoms with Crippen molar-refractivity contribution in [3.63, 3.8) is 0 Å². The minimum Gasteiger partial charge on any atom is -0.465 e. The predicted molar refractivity (Wildman–Crippen MR) is 81.6 cm³/mol. The topological polar surface area (TPSA) is 69.7 Å². The quantitative estimate of drug-likeness (QED) is 0.316. The van der Waals surface area contributed by atoms with Crippen LogP contribution in [-0.2, 0) is 23.9 Å². The second kappa shape index (κ2) is 7.95. The van der Waals surface area contributed by atoms with E-state index in [9.17, 15) is 14.4 Å². The predicted octanol–water partition coefficient (Wildman–Crippen LogP) is 2.43. The number of rotatable bonds is 4. The molecular formula is C14H21IO5. The highest BCUT2D eigenvalue weighted by atomic mass is 127. The first-order valence-corrected chi connectivity index (χ1v) is 7.99. The van der Waals surface area contributed by atoms with E-state index in [1.165, 1.54) is 6.92 Å². The number of carbonyl (C=O) groups is 3. The summed E-state index contributed by atoms with van der Waals surface area (Å²) in [6, 6.07) is 0. The fraction of sp³-hybridized carbons (Fsp3) is 0.786. The zero-order valence-corrected chi connectivity index (χ0v) is 14.1. The van der Waals surface area contributed by atoms with E-state index in [1.807, 2.05) is 0 Å². The van der Waals surface area contributed by atoms with Crippen molar-refractivity contribution in [2.75, 3.05) is 6.61 Å². The van der Waals surface area contributed by atoms with Gasteiger partial charge in [0.25, 0.3) is 0 Å². The first-order chi connectivity index (χ1) is 9.42. The van der Waals surface area contributed by atoms with E-state index >= 15 is 0 Å². The van der Waals surface area contributed by atoms with E-state index in [0.29, 0.717) is 32.3 Å². The first-order valence-electron chi connectivity index (χ1n) is 6.91. The van der Waals surface area contributed by atoms with Crippen LogP contribution in [-0.4, -0.2) is 34.4 Å². The van der Waals surface area contributed by atoms with Gasteiger partial charge in [0.15, 0.2) is 0 Å². The molecule has 0 aliphatic heterocycles. The molecule has 114 valence electrons. The maximum absolute atomic E-state index is 12.1. The molecule has 1 aliphatic carbocycles. The van der Waals surface area contributed by atoms with E-state index in [4.69, 9.17) is 9.47 Å². The van der Waals surface area contributed by atoms with Crippen LogP contribution in [0.3, 0.4) is 0 Å². The van der Waals surface area contributed by atoms with E-state index in [1.54, 1.807) is 6.92 Å². The average molecular weight is 396 g/mol. The Morgan fingerprint density at radius 1 is 1.35 bits per heavy atom. The van der Waals surface area contributed by atoms with Crippen molar-refractivity contribution in [2.45, 2.75) is 55.5 Å². The fourth-order valence-electron chi connectivity index (χ4n) is 2.49. The summed E-state index contributed by atoms with van der Waals surface area (Å²) in [5, 5.41) is 0. The van der Waals surface area contributed by atoms with Crippen molar-refractivity contribution >= 4 is 40.8 Å². The molecule has 1 rings (SSSR count). The third-order valence-corrected chi connectivity index (χ3v) is 5.07. The van der Waals surface area contributed by atoms with Gasteiger partial charge >= 0.3 is 11.9 Å². The third kappa shape index (κ3) is 4.71. The summed E-state index contributed by atoms with van der Waals surface area (Å²) < 4.78 is 9.78. The average Bonchev–Trinajstić information content (AvgIpc) is 2.38. The van der Waals surface area contributed by atoms with E-state index in [0.717, 1.165) is 12.7 Å². The molecule has 20 heavy (non-hydrogen) atoms. The van der Waals surface area contributed by atoms with E-state index in [-0.39, 0.29) is 11.9 Å². The second-order valence-electron chi connectivity index (χ2n) is 5.06. The molecule has 0 aromatic carbocycles. The van der Waals surface area contributed by atoms with Gasteiger partial charge in [-0.15, -0.1) is 0 Å². The molecule has 1 unspecified atom stereocenters. The molecule has 6 heteroatoms. The number of ether oxygens (including phenoxy) is 2. The molecule has 3 atom stereocenters. The van der Waals surface area contributed by atoms with Gasteiger partial charge in [0.05, 0.1) is 12.5 Å². The molecule has 0 bridgehead atoms. The molecule has 0 saturated heterocycles. The number of hydrogen-bond donors (Lipinski definition) is 0. The highest BCUT2D eigenvalue weighted by Crippen LogP contribution is 2.37. The van der Waals surface area contributed by atoms with Crippen molar-refractivity contribution < 1.29 is 23.9 Å². The Morgan fingerprint density at radius 3 is 2.60 bits per heavy atom. The van der Waals surface area contributed by atoms with Gasteiger partial charge in [-0.1, -0.05) is 29.0 Å². The molecule has 0 heterocycles. The first kappa shape index (κ1) is 17.4. The summed E-state index contributed by atoms with van der Waals surface area (Å²) in [5.74, 6) is -0.883. The Balaban J connectivity index is 2.78. The van der Waals surface area contributed by atoms with Crippen LogP contribution in [0.4, 0.5) is 0 Å². The zero-order chi connectivity index (χ0) is 15.2. The molecule has 1 saturated carbocycles. The lowest BCUT2D eigenvalue weighted by atomic mass is 9.84. The van der Waals surface area contributed by atoms with Crippen molar-refractivity contribution in [1.82, 2.24) is 0 Å². The summed E-state index contributed by atoms with van der Waals surface area (Å²) in [5.41, 5.74) is 0. The summed E-state index contributed by atoms with van der Waals surface area (Å²) in [6.45, 7) is 3.47. The molecule has 1 aliphatic rings. The molecule has 5 nitrogen and oxygen atoms in total. The van der Waals surface area contributed by atoms with Gasteiger partial charge in [-0.25, -0.2) is 0 Å². The molecular weight excluding hydrogens is 375 g/mol. The summed E-state index contributed by atoms with van der Waals surface area (Å²) in [4.78, 5) is 34.3. The fourth-order valence-corrected chi connectivity index (χ4v) is 3.34. The number of aldehydes is 1. The van der Waals surface area contributed by atoms with Crippen molar-refractivity contribution in [1.29, 1.82) is 0 Å². The zero-order valence-electron chi connectivity index (χ0n) is 11.9. The minimum atomic E-state index is -0.583. The van der Waals surface area contributed by atoms with Gasteiger partial charge in [-0.05, 0) is 32.6 Å². The summed E-state index contributed by atoms with van der Waals surface area (Å²) >= 11 is 2.14. The number of carbonyl (C=O) groups excluding carboxylic acids is 3. The SMILES string of the molecule is CCOC(=O)C1(I)CCC[C@@H](C=O)[C@H](OC(C)=O)CC1. The highest BCUT2D eigenvalue weighted by Gasteiger charge is 2.40. The standard InChI is InChI=1S/C14H21IO5/c1-3-19-13(18)14(15)7-4-5-11(9-16)12(6-8-14)20-10(2)17/h9,11-12H,3-8H2,1-2H3/t11-,12+,14?/m0/s1. The maximum Gasteiger partial charge on any atom is 0.322 e. The summed E-state index contributed by atoms with van der Waals surface area (Å²) in [7, 11) is 0. The van der Waals surface area contributed by atoms with Crippen LogP contribution >= 0.6 is 22.6 Å². The Morgan fingerprint density at radius 2 is 2.05 bits per heavy atom. The number of hydrogen-bond acceptors (Lipinski definition) is 5. The normalized spacial score (nSPS) is 30.8. The van der Waals surface area contributed by atoms with Gasteiger partial charge in [-0.2, -0.15) is 0 Å². The second-order valence-corrected chi connectivity index (χ2v) is 7.13. The highest BCUT2D eigenvalue weighted by molar-refractivity contribution is 14.1. The number of alkyl halides is 1. The molecule has 0 radical (unpaired) electrons. The molecule has 0 N–H and O–H groups in total. The van der Waals surface area contributed by atoms with Crippen molar-refractivity contribution in [2.24, 2.45) is 5.92 Å². The Kier molecular flexibility index (Phi) is 6.91. The van der Waals surface area contributed by atoms with Crippen LogP contribution in [0.1, 0.15) is 46.0 Å².